The number of nitrogens with zero attached hydrogens (tertiary/aromatic N) is 3. The van der Waals surface area contributed by atoms with Crippen molar-refractivity contribution in [3.8, 4) is 17.2 Å². The molecule has 0 spiro atoms. The number of ether oxygens (including phenoxy) is 1. The molecule has 0 atom stereocenters. The number of aryl methyl sites for hydroxylation is 1. The van der Waals surface area contributed by atoms with E-state index < -0.39 is 18.1 Å². The molecule has 2 N–H and O–H groups in total. The van der Waals surface area contributed by atoms with Crippen molar-refractivity contribution in [3.63, 3.8) is 0 Å². The van der Waals surface area contributed by atoms with E-state index in [0.29, 0.717) is 16.1 Å². The molecule has 3 rings (SSSR count). The van der Waals surface area contributed by atoms with Crippen molar-refractivity contribution in [1.29, 1.82) is 0 Å². The molecule has 0 radical (unpaired) electrons. The van der Waals surface area contributed by atoms with Gasteiger partial charge in [0, 0.05) is 11.8 Å². The van der Waals surface area contributed by atoms with Crippen LogP contribution in [0.4, 0.5) is 18.9 Å². The largest absolute Gasteiger partial charge is 0.456 e. The van der Waals surface area contributed by atoms with Gasteiger partial charge in [-0.25, -0.2) is 13.8 Å². The van der Waals surface area contributed by atoms with Gasteiger partial charge < -0.3 is 10.5 Å². The third-order valence-electron chi connectivity index (χ3n) is 3.51. The van der Waals surface area contributed by atoms with Gasteiger partial charge in [0.1, 0.15) is 23.0 Å². The molecular weight excluding hydrogens is 373 g/mol. The molecule has 6 nitrogen and oxygen atoms in total. The van der Waals surface area contributed by atoms with E-state index in [-0.39, 0.29) is 26.9 Å². The number of benzene rings is 2. The van der Waals surface area contributed by atoms with Crippen molar-refractivity contribution in [3.05, 3.63) is 63.5 Å². The number of nitrogens with two attached hydrogens (primary N) is 1. The van der Waals surface area contributed by atoms with Gasteiger partial charge in [-0.1, -0.05) is 11.6 Å². The van der Waals surface area contributed by atoms with Crippen LogP contribution in [0, 0.1) is 12.7 Å². The smallest absolute Gasteiger partial charge is 0.355 e. The summed E-state index contributed by atoms with van der Waals surface area (Å²) < 4.78 is 46.4. The summed E-state index contributed by atoms with van der Waals surface area (Å²) >= 11 is 5.97. The van der Waals surface area contributed by atoms with Crippen LogP contribution in [0.5, 0.6) is 11.5 Å². The summed E-state index contributed by atoms with van der Waals surface area (Å²) in [6.07, 6.45) is 0. The number of rotatable bonds is 4. The Morgan fingerprint density at radius 1 is 1.23 bits per heavy atom. The Bertz CT molecular complexity index is 1020. The first-order valence-corrected chi connectivity index (χ1v) is 7.65. The Labute approximate surface area is 150 Å². The van der Waals surface area contributed by atoms with Crippen LogP contribution in [-0.2, 0) is 0 Å². The predicted octanol–water partition coefficient (Wildman–Crippen LogP) is 3.90. The highest BCUT2D eigenvalue weighted by Crippen LogP contribution is 2.33. The molecule has 0 saturated heterocycles. The normalized spacial score (nSPS) is 11.2. The van der Waals surface area contributed by atoms with Crippen LogP contribution in [0.1, 0.15) is 12.4 Å². The highest BCUT2D eigenvalue weighted by molar-refractivity contribution is 6.32. The molecule has 0 saturated carbocycles. The SMILES string of the molecule is Cc1nn(-c2cc(Oc3ccc(N)cc3)c(Cl)cc2F)c(=O)n1C(F)F. The summed E-state index contributed by atoms with van der Waals surface area (Å²) in [5.41, 5.74) is 4.55. The van der Waals surface area contributed by atoms with Crippen LogP contribution in [0.15, 0.2) is 41.2 Å². The van der Waals surface area contributed by atoms with Crippen LogP contribution < -0.4 is 16.2 Å². The molecular formula is C16H12ClF3N4O2. The molecule has 26 heavy (non-hydrogen) atoms. The maximum Gasteiger partial charge on any atom is 0.355 e. The third kappa shape index (κ3) is 3.25. The fraction of sp³-hybridized carbons (Fsp3) is 0.125. The van der Waals surface area contributed by atoms with E-state index in [9.17, 15) is 18.0 Å². The summed E-state index contributed by atoms with van der Waals surface area (Å²) in [6, 6.07) is 8.33. The zero-order valence-corrected chi connectivity index (χ0v) is 14.0. The number of anilines is 1. The quantitative estimate of drug-likeness (QED) is 0.692. The molecule has 0 aliphatic rings. The van der Waals surface area contributed by atoms with Crippen LogP contribution in [0.3, 0.4) is 0 Å². The zero-order valence-electron chi connectivity index (χ0n) is 13.3. The highest BCUT2D eigenvalue weighted by Gasteiger charge is 2.21. The van der Waals surface area contributed by atoms with Crippen molar-refractivity contribution in [2.45, 2.75) is 13.5 Å². The Morgan fingerprint density at radius 2 is 1.88 bits per heavy atom. The van der Waals surface area contributed by atoms with Gasteiger partial charge in [0.2, 0.25) is 0 Å². The summed E-state index contributed by atoms with van der Waals surface area (Å²) in [5, 5.41) is 3.62. The lowest BCUT2D eigenvalue weighted by Crippen LogP contribution is -2.25. The summed E-state index contributed by atoms with van der Waals surface area (Å²) in [7, 11) is 0. The first-order chi connectivity index (χ1) is 12.3. The average Bonchev–Trinajstić information content (AvgIpc) is 2.86. The van der Waals surface area contributed by atoms with Crippen LogP contribution in [-0.4, -0.2) is 14.3 Å². The maximum atomic E-state index is 14.3. The van der Waals surface area contributed by atoms with Crippen LogP contribution >= 0.6 is 11.6 Å². The molecule has 0 amide bonds. The average molecular weight is 385 g/mol. The minimum Gasteiger partial charge on any atom is -0.456 e. The molecule has 0 fully saturated rings. The minimum atomic E-state index is -3.10. The van der Waals surface area contributed by atoms with Crippen LogP contribution in [0.25, 0.3) is 5.69 Å². The predicted molar refractivity (Wildman–Crippen MR) is 89.7 cm³/mol. The molecule has 1 aromatic heterocycles. The monoisotopic (exact) mass is 384 g/mol. The fourth-order valence-electron chi connectivity index (χ4n) is 2.28. The van der Waals surface area contributed by atoms with Gasteiger partial charge in [0.15, 0.2) is 5.82 Å². The van der Waals surface area contributed by atoms with Gasteiger partial charge in [-0.2, -0.15) is 13.5 Å². The van der Waals surface area contributed by atoms with E-state index in [1.165, 1.54) is 6.92 Å². The third-order valence-corrected chi connectivity index (χ3v) is 3.81. The molecule has 0 aliphatic heterocycles. The van der Waals surface area contributed by atoms with Crippen molar-refractivity contribution >= 4 is 17.3 Å². The Kier molecular flexibility index (Phi) is 4.64. The second kappa shape index (κ2) is 6.75. The first-order valence-electron chi connectivity index (χ1n) is 7.27. The van der Waals surface area contributed by atoms with Gasteiger partial charge in [-0.15, -0.1) is 5.10 Å². The lowest BCUT2D eigenvalue weighted by Gasteiger charge is -2.10. The topological polar surface area (TPSA) is 75.1 Å². The summed E-state index contributed by atoms with van der Waals surface area (Å²) in [5.74, 6) is -0.801. The molecule has 10 heteroatoms. The number of halogens is 4. The number of alkyl halides is 2. The van der Waals surface area contributed by atoms with Gasteiger partial charge in [0.25, 0.3) is 0 Å². The summed E-state index contributed by atoms with van der Waals surface area (Å²) in [6.45, 7) is -1.89. The van der Waals surface area contributed by atoms with E-state index in [4.69, 9.17) is 22.1 Å². The Balaban J connectivity index is 2.08. The molecule has 1 heterocycles. The maximum absolute atomic E-state index is 14.3. The Morgan fingerprint density at radius 3 is 2.46 bits per heavy atom. The van der Waals surface area contributed by atoms with Crippen molar-refractivity contribution in [2.24, 2.45) is 0 Å². The second-order valence-electron chi connectivity index (χ2n) is 5.29. The lowest BCUT2D eigenvalue weighted by atomic mass is 10.2. The number of nitrogen functional groups attached to an aromatic ring is 1. The number of aromatic nitrogens is 3. The van der Waals surface area contributed by atoms with E-state index in [2.05, 4.69) is 5.10 Å². The Hall–Kier alpha value is -2.94. The molecule has 2 aromatic carbocycles. The van der Waals surface area contributed by atoms with Gasteiger partial charge in [-0.3, -0.25) is 0 Å². The molecule has 3 aromatic rings. The van der Waals surface area contributed by atoms with E-state index in [1.54, 1.807) is 24.3 Å². The minimum absolute atomic E-state index is 0.0176. The van der Waals surface area contributed by atoms with Crippen LogP contribution in [0.2, 0.25) is 5.02 Å². The van der Waals surface area contributed by atoms with E-state index in [1.807, 2.05) is 0 Å². The zero-order chi connectivity index (χ0) is 19.0. The fourth-order valence-corrected chi connectivity index (χ4v) is 2.47. The highest BCUT2D eigenvalue weighted by atomic mass is 35.5. The summed E-state index contributed by atoms with van der Waals surface area (Å²) in [4.78, 5) is 12.1. The van der Waals surface area contributed by atoms with Crippen molar-refractivity contribution < 1.29 is 17.9 Å². The van der Waals surface area contributed by atoms with Gasteiger partial charge >= 0.3 is 12.2 Å². The number of hydrogen-bond acceptors (Lipinski definition) is 4. The molecule has 0 unspecified atom stereocenters. The lowest BCUT2D eigenvalue weighted by molar-refractivity contribution is 0.0640. The molecule has 136 valence electrons. The van der Waals surface area contributed by atoms with E-state index in [0.717, 1.165) is 12.1 Å². The molecule has 0 aliphatic carbocycles. The van der Waals surface area contributed by atoms with Crippen molar-refractivity contribution in [2.75, 3.05) is 5.73 Å². The van der Waals surface area contributed by atoms with Crippen molar-refractivity contribution in [1.82, 2.24) is 14.3 Å². The molecule has 0 bridgehead atoms. The van der Waals surface area contributed by atoms with Gasteiger partial charge in [0.05, 0.1) is 5.02 Å². The number of hydrogen-bond donors (Lipinski definition) is 1. The first kappa shape index (κ1) is 17.9. The van der Waals surface area contributed by atoms with Gasteiger partial charge in [-0.05, 0) is 37.3 Å². The van der Waals surface area contributed by atoms with E-state index >= 15 is 0 Å². The second-order valence-corrected chi connectivity index (χ2v) is 5.70. The standard InChI is InChI=1S/C16H12ClF3N4O2/c1-8-22-24(16(25)23(8)15(19)20)13-7-14(11(17)6-12(13)18)26-10-4-2-9(21)3-5-10/h2-7,15H,21H2,1H3.